The first-order valence-electron chi connectivity index (χ1n) is 19.8. The van der Waals surface area contributed by atoms with Gasteiger partial charge in [-0.3, -0.25) is 0 Å². The van der Waals surface area contributed by atoms with E-state index in [9.17, 15) is 0 Å². The third-order valence-electron chi connectivity index (χ3n) is 11.5. The van der Waals surface area contributed by atoms with Crippen LogP contribution >= 0.6 is 11.3 Å². The number of hydrogen-bond donors (Lipinski definition) is 0. The van der Waals surface area contributed by atoms with Crippen molar-refractivity contribution in [3.63, 3.8) is 0 Å². The predicted molar refractivity (Wildman–Crippen MR) is 236 cm³/mol. The summed E-state index contributed by atoms with van der Waals surface area (Å²) in [5.74, 6) is 1.35. The van der Waals surface area contributed by atoms with Crippen molar-refractivity contribution < 1.29 is 0 Å². The maximum Gasteiger partial charge on any atom is 0.0467 e. The molecule has 54 heavy (non-hydrogen) atoms. The van der Waals surface area contributed by atoms with Crippen LogP contribution in [0, 0.1) is 11.8 Å². The zero-order chi connectivity index (χ0) is 36.4. The van der Waals surface area contributed by atoms with E-state index in [1.165, 1.54) is 76.9 Å². The minimum Gasteiger partial charge on any atom is -0.311 e. The Kier molecular flexibility index (Phi) is 9.62. The van der Waals surface area contributed by atoms with Crippen LogP contribution in [0.4, 0.5) is 11.4 Å². The highest BCUT2D eigenvalue weighted by Crippen LogP contribution is 2.43. The first kappa shape index (κ1) is 34.3. The van der Waals surface area contributed by atoms with Gasteiger partial charge in [0.25, 0.3) is 0 Å². The van der Waals surface area contributed by atoms with Crippen LogP contribution in [0.25, 0.3) is 43.6 Å². The zero-order valence-corrected chi connectivity index (χ0v) is 32.1. The van der Waals surface area contributed by atoms with Crippen LogP contribution in [0.15, 0.2) is 170 Å². The molecule has 9 rings (SSSR count). The van der Waals surface area contributed by atoms with Gasteiger partial charge in [-0.15, -0.1) is 11.3 Å². The summed E-state index contributed by atoms with van der Waals surface area (Å²) in [6.45, 7) is 4.52. The van der Waals surface area contributed by atoms with Crippen molar-refractivity contribution in [1.82, 2.24) is 0 Å². The molecular weight excluding hydrogens is 671 g/mol. The van der Waals surface area contributed by atoms with Gasteiger partial charge in [-0.1, -0.05) is 147 Å². The smallest absolute Gasteiger partial charge is 0.0467 e. The van der Waals surface area contributed by atoms with E-state index in [1.54, 1.807) is 0 Å². The third kappa shape index (κ3) is 6.65. The first-order valence-corrected chi connectivity index (χ1v) is 20.6. The summed E-state index contributed by atoms with van der Waals surface area (Å²) in [4.78, 5) is 3.96. The lowest BCUT2D eigenvalue weighted by Crippen LogP contribution is -2.18. The molecule has 266 valence electrons. The lowest BCUT2D eigenvalue weighted by Gasteiger charge is -2.31. The standard InChI is InChI=1S/C52H47NS/c1-3-13-43(30-24-36(2)37-14-5-4-6-15-37)53(44-31-27-39(28-32-44)47-20-11-17-38-16-7-8-18-46(38)47)45-33-29-40-34-42(26-25-41(40)35-45)48-21-12-22-50-49-19-9-10-23-51(49)54-52(48)50/h4-9,12-16,18-22,24-36,38,46H,3,10-11,17,23H2,1-2H3/b30-24-,43-13+. The van der Waals surface area contributed by atoms with Crippen molar-refractivity contribution in [2.45, 2.75) is 51.9 Å². The largest absolute Gasteiger partial charge is 0.311 e. The molecule has 5 aromatic carbocycles. The Morgan fingerprint density at radius 2 is 1.61 bits per heavy atom. The third-order valence-corrected chi connectivity index (χ3v) is 12.8. The van der Waals surface area contributed by atoms with Crippen LogP contribution < -0.4 is 4.90 Å². The quantitative estimate of drug-likeness (QED) is 0.135. The number of allylic oxidation sites excluding steroid dienone is 10. The molecule has 2 heteroatoms. The molecule has 3 aliphatic rings. The molecule has 1 nitrogen and oxygen atoms in total. The van der Waals surface area contributed by atoms with Crippen molar-refractivity contribution >= 4 is 55.2 Å². The van der Waals surface area contributed by atoms with Crippen LogP contribution in [0.2, 0.25) is 0 Å². The molecule has 6 aromatic rings. The molecule has 3 unspecified atom stereocenters. The fourth-order valence-electron chi connectivity index (χ4n) is 8.68. The number of benzene rings is 5. The summed E-state index contributed by atoms with van der Waals surface area (Å²) in [7, 11) is 0. The maximum atomic E-state index is 2.47. The normalized spacial score (nSPS) is 18.6. The summed E-state index contributed by atoms with van der Waals surface area (Å²) < 4.78 is 1.40. The monoisotopic (exact) mass is 717 g/mol. The SMILES string of the molecule is CC/C=C(\C=C/C(C)c1ccccc1)N(c1ccc(C2=CCCC3C=CC=CC23)cc1)c1ccc2cc(-c3cccc4c5c(sc34)CCC=C5)ccc2c1. The number of nitrogens with zero attached hydrogens (tertiary/aromatic N) is 1. The molecule has 3 aliphatic carbocycles. The van der Waals surface area contributed by atoms with Crippen LogP contribution in [0.3, 0.4) is 0 Å². The van der Waals surface area contributed by atoms with Gasteiger partial charge < -0.3 is 4.90 Å². The maximum absolute atomic E-state index is 2.47. The summed E-state index contributed by atoms with van der Waals surface area (Å²) in [5.41, 5.74) is 11.7. The van der Waals surface area contributed by atoms with Crippen LogP contribution in [0.5, 0.6) is 0 Å². The highest BCUT2D eigenvalue weighted by atomic mass is 32.1. The molecule has 0 bridgehead atoms. The molecular formula is C52H47NS. The number of fused-ring (bicyclic) bond motifs is 5. The summed E-state index contributed by atoms with van der Waals surface area (Å²) in [5, 5.41) is 3.89. The van der Waals surface area contributed by atoms with E-state index in [4.69, 9.17) is 0 Å². The van der Waals surface area contributed by atoms with Gasteiger partial charge >= 0.3 is 0 Å². The van der Waals surface area contributed by atoms with Crippen molar-refractivity contribution in [3.05, 3.63) is 191 Å². The Hall–Kier alpha value is -5.44. The summed E-state index contributed by atoms with van der Waals surface area (Å²) >= 11 is 1.98. The second-order valence-corrected chi connectivity index (χ2v) is 16.1. The second-order valence-electron chi connectivity index (χ2n) is 15.0. The minimum atomic E-state index is 0.295. The summed E-state index contributed by atoms with van der Waals surface area (Å²) in [6, 6.07) is 40.9. The predicted octanol–water partition coefficient (Wildman–Crippen LogP) is 15.0. The molecule has 0 N–H and O–H groups in total. The number of hydrogen-bond acceptors (Lipinski definition) is 2. The molecule has 0 aliphatic heterocycles. The highest BCUT2D eigenvalue weighted by Gasteiger charge is 2.26. The Morgan fingerprint density at radius 1 is 0.815 bits per heavy atom. The first-order chi connectivity index (χ1) is 26.6. The second kappa shape index (κ2) is 15.1. The van der Waals surface area contributed by atoms with E-state index in [2.05, 4.69) is 189 Å². The minimum absolute atomic E-state index is 0.295. The molecule has 1 aromatic heterocycles. The molecule has 1 heterocycles. The van der Waals surface area contributed by atoms with Gasteiger partial charge in [0, 0.05) is 38.0 Å². The lowest BCUT2D eigenvalue weighted by atomic mass is 9.74. The number of rotatable bonds is 9. The molecule has 0 fully saturated rings. The number of thiophene rings is 1. The van der Waals surface area contributed by atoms with E-state index < -0.39 is 0 Å². The van der Waals surface area contributed by atoms with E-state index in [0.29, 0.717) is 17.8 Å². The van der Waals surface area contributed by atoms with Crippen molar-refractivity contribution in [3.8, 4) is 11.1 Å². The number of anilines is 2. The molecule has 0 saturated carbocycles. The summed E-state index contributed by atoms with van der Waals surface area (Å²) in [6.07, 6.45) is 29.0. The van der Waals surface area contributed by atoms with Crippen molar-refractivity contribution in [2.24, 2.45) is 11.8 Å². The Labute approximate surface area is 324 Å². The lowest BCUT2D eigenvalue weighted by molar-refractivity contribution is 0.505. The van der Waals surface area contributed by atoms with Gasteiger partial charge in [-0.25, -0.2) is 0 Å². The number of aryl methyl sites for hydroxylation is 1. The van der Waals surface area contributed by atoms with Gasteiger partial charge in [0.15, 0.2) is 0 Å². The van der Waals surface area contributed by atoms with Crippen LogP contribution in [-0.4, -0.2) is 0 Å². The van der Waals surface area contributed by atoms with E-state index in [1.807, 2.05) is 11.3 Å². The molecule has 0 amide bonds. The molecule has 0 radical (unpaired) electrons. The topological polar surface area (TPSA) is 3.24 Å². The highest BCUT2D eigenvalue weighted by molar-refractivity contribution is 7.20. The average Bonchev–Trinajstić information content (AvgIpc) is 3.62. The van der Waals surface area contributed by atoms with Gasteiger partial charge in [-0.05, 0) is 125 Å². The molecule has 0 saturated heterocycles. The van der Waals surface area contributed by atoms with E-state index >= 15 is 0 Å². The van der Waals surface area contributed by atoms with Crippen LogP contribution in [0.1, 0.15) is 67.0 Å². The van der Waals surface area contributed by atoms with E-state index in [-0.39, 0.29) is 0 Å². The Morgan fingerprint density at radius 3 is 2.48 bits per heavy atom. The zero-order valence-electron chi connectivity index (χ0n) is 31.3. The van der Waals surface area contributed by atoms with Gasteiger partial charge in [0.2, 0.25) is 0 Å². The van der Waals surface area contributed by atoms with E-state index in [0.717, 1.165) is 31.4 Å². The fourth-order valence-corrected chi connectivity index (χ4v) is 10.0. The Bertz CT molecular complexity index is 2500. The molecule has 0 spiro atoms. The van der Waals surface area contributed by atoms with Crippen molar-refractivity contribution in [1.29, 1.82) is 0 Å². The average molecular weight is 718 g/mol. The fraction of sp³-hybridized carbons (Fsp3) is 0.192. The van der Waals surface area contributed by atoms with Gasteiger partial charge in [0.05, 0.1) is 0 Å². The Balaban J connectivity index is 1.10. The van der Waals surface area contributed by atoms with Crippen molar-refractivity contribution in [2.75, 3.05) is 4.90 Å². The molecule has 3 atom stereocenters. The van der Waals surface area contributed by atoms with Gasteiger partial charge in [-0.2, -0.15) is 0 Å². The van der Waals surface area contributed by atoms with Crippen LogP contribution in [-0.2, 0) is 6.42 Å². The van der Waals surface area contributed by atoms with Gasteiger partial charge in [0.1, 0.15) is 0 Å².